The molecule has 1 aromatic heterocycles. The van der Waals surface area contributed by atoms with E-state index in [9.17, 15) is 0 Å². The number of hydrogen-bond acceptors (Lipinski definition) is 3. The first-order valence-corrected chi connectivity index (χ1v) is 7.87. The van der Waals surface area contributed by atoms with Gasteiger partial charge in [0.2, 0.25) is 0 Å². The lowest BCUT2D eigenvalue weighted by Gasteiger charge is -2.39. The summed E-state index contributed by atoms with van der Waals surface area (Å²) in [5.74, 6) is 1.16. The number of piperidine rings is 1. The van der Waals surface area contributed by atoms with Crippen molar-refractivity contribution in [2.75, 3.05) is 18.0 Å². The Balaban J connectivity index is 2.13. The van der Waals surface area contributed by atoms with E-state index < -0.39 is 0 Å². The largest absolute Gasteiger partial charge is 0.356 e. The topological polar surface area (TPSA) is 42.1 Å². The Bertz CT molecular complexity index is 454. The average molecular weight is 275 g/mol. The highest BCUT2D eigenvalue weighted by Gasteiger charge is 2.27. The van der Waals surface area contributed by atoms with Gasteiger partial charge in [-0.3, -0.25) is 0 Å². The SMILES string of the molecule is CCC(N)Cc1cnc(N2CCCC(C)(C)C2)c(C)c1. The molecule has 0 radical (unpaired) electrons. The molecule has 0 aliphatic carbocycles. The number of hydrogen-bond donors (Lipinski definition) is 1. The standard InChI is InChI=1S/C17H29N3/c1-5-15(18)10-14-9-13(2)16(19-11-14)20-8-6-7-17(3,4)12-20/h9,11,15H,5-8,10,12,18H2,1-4H3. The number of rotatable bonds is 4. The third-order valence-corrected chi connectivity index (χ3v) is 4.33. The van der Waals surface area contributed by atoms with Crippen LogP contribution in [0.3, 0.4) is 0 Å². The zero-order chi connectivity index (χ0) is 14.8. The van der Waals surface area contributed by atoms with Crippen LogP contribution >= 0.6 is 0 Å². The van der Waals surface area contributed by atoms with Gasteiger partial charge in [-0.05, 0) is 49.1 Å². The van der Waals surface area contributed by atoms with Crippen LogP contribution in [0.15, 0.2) is 12.3 Å². The summed E-state index contributed by atoms with van der Waals surface area (Å²) >= 11 is 0. The molecule has 3 nitrogen and oxygen atoms in total. The van der Waals surface area contributed by atoms with Gasteiger partial charge in [-0.15, -0.1) is 0 Å². The molecule has 3 heteroatoms. The van der Waals surface area contributed by atoms with Gasteiger partial charge in [-0.1, -0.05) is 26.8 Å². The second-order valence-corrected chi connectivity index (χ2v) is 7.05. The lowest BCUT2D eigenvalue weighted by Crippen LogP contribution is -2.40. The van der Waals surface area contributed by atoms with Crippen LogP contribution in [-0.2, 0) is 6.42 Å². The molecule has 2 rings (SSSR count). The number of aryl methyl sites for hydroxylation is 1. The molecule has 0 amide bonds. The normalized spacial score (nSPS) is 19.9. The molecule has 1 unspecified atom stereocenters. The first-order valence-electron chi connectivity index (χ1n) is 7.87. The van der Waals surface area contributed by atoms with Gasteiger partial charge >= 0.3 is 0 Å². The van der Waals surface area contributed by atoms with Gasteiger partial charge in [-0.25, -0.2) is 4.98 Å². The summed E-state index contributed by atoms with van der Waals surface area (Å²) < 4.78 is 0. The molecule has 1 aliphatic rings. The Labute approximate surface area is 123 Å². The van der Waals surface area contributed by atoms with Crippen LogP contribution in [-0.4, -0.2) is 24.1 Å². The lowest BCUT2D eigenvalue weighted by atomic mass is 9.84. The highest BCUT2D eigenvalue weighted by atomic mass is 15.2. The summed E-state index contributed by atoms with van der Waals surface area (Å²) in [5, 5.41) is 0. The van der Waals surface area contributed by atoms with E-state index >= 15 is 0 Å². The van der Waals surface area contributed by atoms with Crippen molar-refractivity contribution in [3.8, 4) is 0 Å². The van der Waals surface area contributed by atoms with Gasteiger partial charge < -0.3 is 10.6 Å². The highest BCUT2D eigenvalue weighted by molar-refractivity contribution is 5.48. The molecule has 1 aromatic rings. The van der Waals surface area contributed by atoms with Gasteiger partial charge in [0.25, 0.3) is 0 Å². The zero-order valence-electron chi connectivity index (χ0n) is 13.4. The Kier molecular flexibility index (Phi) is 4.69. The summed E-state index contributed by atoms with van der Waals surface area (Å²) in [6.07, 6.45) is 6.53. The van der Waals surface area contributed by atoms with Crippen molar-refractivity contribution in [1.82, 2.24) is 4.98 Å². The summed E-state index contributed by atoms with van der Waals surface area (Å²) in [6.45, 7) is 11.2. The van der Waals surface area contributed by atoms with Crippen LogP contribution in [0.2, 0.25) is 0 Å². The predicted octanol–water partition coefficient (Wildman–Crippen LogP) is 3.30. The van der Waals surface area contributed by atoms with Crippen LogP contribution in [0.4, 0.5) is 5.82 Å². The molecule has 1 saturated heterocycles. The maximum Gasteiger partial charge on any atom is 0.131 e. The van der Waals surface area contributed by atoms with E-state index in [1.807, 2.05) is 6.20 Å². The predicted molar refractivity (Wildman–Crippen MR) is 86.2 cm³/mol. The van der Waals surface area contributed by atoms with Gasteiger partial charge in [0.1, 0.15) is 5.82 Å². The Morgan fingerprint density at radius 2 is 2.20 bits per heavy atom. The van der Waals surface area contributed by atoms with Crippen molar-refractivity contribution in [3.05, 3.63) is 23.4 Å². The molecule has 0 bridgehead atoms. The van der Waals surface area contributed by atoms with E-state index in [4.69, 9.17) is 10.7 Å². The van der Waals surface area contributed by atoms with Crippen LogP contribution in [0.1, 0.15) is 51.2 Å². The smallest absolute Gasteiger partial charge is 0.131 e. The van der Waals surface area contributed by atoms with Gasteiger partial charge in [0, 0.05) is 25.3 Å². The average Bonchev–Trinajstić information content (AvgIpc) is 2.37. The first kappa shape index (κ1) is 15.3. The molecule has 1 aliphatic heterocycles. The number of anilines is 1. The Morgan fingerprint density at radius 1 is 1.45 bits per heavy atom. The monoisotopic (exact) mass is 275 g/mol. The van der Waals surface area contributed by atoms with Crippen molar-refractivity contribution in [1.29, 1.82) is 0 Å². The molecule has 1 fully saturated rings. The van der Waals surface area contributed by atoms with Gasteiger partial charge in [0.15, 0.2) is 0 Å². The summed E-state index contributed by atoms with van der Waals surface area (Å²) in [5.41, 5.74) is 8.97. The number of nitrogens with two attached hydrogens (primary N) is 1. The van der Waals surface area contributed by atoms with E-state index in [1.54, 1.807) is 0 Å². The summed E-state index contributed by atoms with van der Waals surface area (Å²) in [7, 11) is 0. The molecule has 2 heterocycles. The van der Waals surface area contributed by atoms with Crippen molar-refractivity contribution < 1.29 is 0 Å². The second kappa shape index (κ2) is 6.13. The highest BCUT2D eigenvalue weighted by Crippen LogP contribution is 2.32. The van der Waals surface area contributed by atoms with E-state index in [0.717, 1.165) is 31.7 Å². The minimum absolute atomic E-state index is 0.246. The Morgan fingerprint density at radius 3 is 2.80 bits per heavy atom. The number of nitrogens with zero attached hydrogens (tertiary/aromatic N) is 2. The molecular formula is C17H29N3. The molecule has 0 spiro atoms. The Hall–Kier alpha value is -1.09. The second-order valence-electron chi connectivity index (χ2n) is 7.05. The molecule has 20 heavy (non-hydrogen) atoms. The maximum atomic E-state index is 6.03. The van der Waals surface area contributed by atoms with Crippen molar-refractivity contribution >= 4 is 5.82 Å². The number of pyridine rings is 1. The molecule has 1 atom stereocenters. The van der Waals surface area contributed by atoms with Gasteiger partial charge in [0.05, 0.1) is 0 Å². The van der Waals surface area contributed by atoms with Crippen LogP contribution < -0.4 is 10.6 Å². The van der Waals surface area contributed by atoms with E-state index in [-0.39, 0.29) is 6.04 Å². The molecule has 0 aromatic carbocycles. The van der Waals surface area contributed by atoms with E-state index in [2.05, 4.69) is 38.7 Å². The summed E-state index contributed by atoms with van der Waals surface area (Å²) in [6, 6.07) is 2.51. The van der Waals surface area contributed by atoms with Crippen LogP contribution in [0.25, 0.3) is 0 Å². The number of aromatic nitrogens is 1. The van der Waals surface area contributed by atoms with Crippen LogP contribution in [0, 0.1) is 12.3 Å². The van der Waals surface area contributed by atoms with E-state index in [1.165, 1.54) is 24.0 Å². The molecular weight excluding hydrogens is 246 g/mol. The molecule has 112 valence electrons. The lowest BCUT2D eigenvalue weighted by molar-refractivity contribution is 0.292. The molecule has 2 N–H and O–H groups in total. The third-order valence-electron chi connectivity index (χ3n) is 4.33. The van der Waals surface area contributed by atoms with Crippen LogP contribution in [0.5, 0.6) is 0 Å². The fourth-order valence-electron chi connectivity index (χ4n) is 3.12. The van der Waals surface area contributed by atoms with Crippen molar-refractivity contribution in [2.24, 2.45) is 11.1 Å². The maximum absolute atomic E-state index is 6.03. The zero-order valence-corrected chi connectivity index (χ0v) is 13.4. The molecule has 0 saturated carbocycles. The minimum atomic E-state index is 0.246. The first-order chi connectivity index (χ1) is 9.41. The quantitative estimate of drug-likeness (QED) is 0.917. The third kappa shape index (κ3) is 3.72. The summed E-state index contributed by atoms with van der Waals surface area (Å²) in [4.78, 5) is 7.17. The van der Waals surface area contributed by atoms with E-state index in [0.29, 0.717) is 5.41 Å². The fourth-order valence-corrected chi connectivity index (χ4v) is 3.12. The van der Waals surface area contributed by atoms with Crippen molar-refractivity contribution in [3.63, 3.8) is 0 Å². The van der Waals surface area contributed by atoms with Gasteiger partial charge in [-0.2, -0.15) is 0 Å². The van der Waals surface area contributed by atoms with Crippen molar-refractivity contribution in [2.45, 2.75) is 59.4 Å². The fraction of sp³-hybridized carbons (Fsp3) is 0.706. The minimum Gasteiger partial charge on any atom is -0.356 e.